The number of nitrogens with one attached hydrogen (secondary N) is 1. The topological polar surface area (TPSA) is 61.8 Å². The molecular formula is C23H30N2O3. The lowest BCUT2D eigenvalue weighted by molar-refractivity contribution is -0.0809. The minimum Gasteiger partial charge on any atom is -0.392 e. The molecule has 5 heteroatoms. The highest BCUT2D eigenvalue weighted by Crippen LogP contribution is 2.27. The molecule has 1 heterocycles. The lowest BCUT2D eigenvalue weighted by Crippen LogP contribution is -2.44. The standard InChI is InChI=1S/C23H30N2O3/c1-23(2)14-21(12-13-28-23)25(3)15-17-4-8-19(9-5-17)22(27)24-20-10-6-18(16-26)7-11-20/h4-11,21,26H,12-16H2,1-3H3,(H,24,27)/t21-/m1/s1. The first kappa shape index (κ1) is 20.5. The summed E-state index contributed by atoms with van der Waals surface area (Å²) < 4.78 is 5.82. The Morgan fingerprint density at radius 2 is 1.79 bits per heavy atom. The summed E-state index contributed by atoms with van der Waals surface area (Å²) in [5.41, 5.74) is 3.29. The van der Waals surface area contributed by atoms with E-state index < -0.39 is 0 Å². The third-order valence-electron chi connectivity index (χ3n) is 5.34. The van der Waals surface area contributed by atoms with Gasteiger partial charge in [-0.15, -0.1) is 0 Å². The van der Waals surface area contributed by atoms with E-state index in [1.54, 1.807) is 24.3 Å². The first-order chi connectivity index (χ1) is 13.4. The van der Waals surface area contributed by atoms with Gasteiger partial charge in [0.25, 0.3) is 5.91 Å². The number of aliphatic hydroxyl groups is 1. The van der Waals surface area contributed by atoms with E-state index in [1.165, 1.54) is 5.56 Å². The van der Waals surface area contributed by atoms with Crippen molar-refractivity contribution in [3.63, 3.8) is 0 Å². The number of hydrogen-bond donors (Lipinski definition) is 2. The average molecular weight is 383 g/mol. The van der Waals surface area contributed by atoms with Gasteiger partial charge in [-0.2, -0.15) is 0 Å². The van der Waals surface area contributed by atoms with Gasteiger partial charge < -0.3 is 15.2 Å². The SMILES string of the molecule is CN(Cc1ccc(C(=O)Nc2ccc(CO)cc2)cc1)[C@@H]1CCOC(C)(C)C1. The second-order valence-corrected chi connectivity index (χ2v) is 8.18. The van der Waals surface area contributed by atoms with E-state index in [0.29, 0.717) is 17.3 Å². The van der Waals surface area contributed by atoms with Crippen LogP contribution < -0.4 is 5.32 Å². The monoisotopic (exact) mass is 382 g/mol. The maximum absolute atomic E-state index is 12.4. The second kappa shape index (κ2) is 8.86. The predicted octanol–water partition coefficient (Wildman–Crippen LogP) is 3.82. The molecule has 2 aromatic rings. The fraction of sp³-hybridized carbons (Fsp3) is 0.435. The van der Waals surface area contributed by atoms with Gasteiger partial charge in [-0.3, -0.25) is 9.69 Å². The molecule has 0 bridgehead atoms. The third-order valence-corrected chi connectivity index (χ3v) is 5.34. The first-order valence-corrected chi connectivity index (χ1v) is 9.80. The van der Waals surface area contributed by atoms with Crippen molar-refractivity contribution in [3.8, 4) is 0 Å². The Balaban J connectivity index is 1.57. The Bertz CT molecular complexity index is 784. The van der Waals surface area contributed by atoms with Crippen LogP contribution in [0.15, 0.2) is 48.5 Å². The summed E-state index contributed by atoms with van der Waals surface area (Å²) in [6.07, 6.45) is 2.08. The summed E-state index contributed by atoms with van der Waals surface area (Å²) in [7, 11) is 2.16. The quantitative estimate of drug-likeness (QED) is 0.797. The lowest BCUT2D eigenvalue weighted by Gasteiger charge is -2.39. The second-order valence-electron chi connectivity index (χ2n) is 8.18. The van der Waals surface area contributed by atoms with Crippen LogP contribution >= 0.6 is 0 Å². The van der Waals surface area contributed by atoms with Crippen LogP contribution in [0, 0.1) is 0 Å². The predicted molar refractivity (Wildman–Crippen MR) is 111 cm³/mol. The third kappa shape index (κ3) is 5.41. The van der Waals surface area contributed by atoms with E-state index in [9.17, 15) is 4.79 Å². The minimum absolute atomic E-state index is 0.00445. The smallest absolute Gasteiger partial charge is 0.255 e. The number of carbonyl (C=O) groups is 1. The van der Waals surface area contributed by atoms with Crippen LogP contribution in [-0.4, -0.2) is 41.2 Å². The number of benzene rings is 2. The highest BCUT2D eigenvalue weighted by molar-refractivity contribution is 6.04. The molecule has 150 valence electrons. The van der Waals surface area contributed by atoms with Crippen LogP contribution in [0.1, 0.15) is 48.2 Å². The minimum atomic E-state index is -0.136. The summed E-state index contributed by atoms with van der Waals surface area (Å²) >= 11 is 0. The van der Waals surface area contributed by atoms with E-state index >= 15 is 0 Å². The fourth-order valence-corrected chi connectivity index (χ4v) is 3.65. The van der Waals surface area contributed by atoms with Crippen molar-refractivity contribution < 1.29 is 14.6 Å². The van der Waals surface area contributed by atoms with Gasteiger partial charge in [0.15, 0.2) is 0 Å². The molecule has 0 aromatic heterocycles. The van der Waals surface area contributed by atoms with Gasteiger partial charge in [0.2, 0.25) is 0 Å². The molecule has 5 nitrogen and oxygen atoms in total. The van der Waals surface area contributed by atoms with E-state index in [-0.39, 0.29) is 18.1 Å². The molecule has 1 atom stereocenters. The van der Waals surface area contributed by atoms with E-state index in [1.807, 2.05) is 24.3 Å². The van der Waals surface area contributed by atoms with Gasteiger partial charge in [0.1, 0.15) is 0 Å². The van der Waals surface area contributed by atoms with Gasteiger partial charge in [0.05, 0.1) is 12.2 Å². The molecule has 28 heavy (non-hydrogen) atoms. The van der Waals surface area contributed by atoms with Crippen LogP contribution in [0.4, 0.5) is 5.69 Å². The van der Waals surface area contributed by atoms with Crippen LogP contribution in [-0.2, 0) is 17.9 Å². The van der Waals surface area contributed by atoms with Crippen molar-refractivity contribution in [2.45, 2.75) is 51.5 Å². The number of carbonyl (C=O) groups excluding carboxylic acids is 1. The molecule has 1 amide bonds. The number of anilines is 1. The summed E-state index contributed by atoms with van der Waals surface area (Å²) in [5.74, 6) is -0.136. The number of aliphatic hydroxyl groups excluding tert-OH is 1. The van der Waals surface area contributed by atoms with E-state index in [2.05, 4.69) is 31.1 Å². The molecule has 0 saturated carbocycles. The van der Waals surface area contributed by atoms with Gasteiger partial charge in [-0.05, 0) is 69.1 Å². The van der Waals surface area contributed by atoms with Crippen LogP contribution in [0.25, 0.3) is 0 Å². The van der Waals surface area contributed by atoms with Crippen molar-refractivity contribution in [2.75, 3.05) is 19.0 Å². The highest BCUT2D eigenvalue weighted by atomic mass is 16.5. The largest absolute Gasteiger partial charge is 0.392 e. The Morgan fingerprint density at radius 3 is 2.39 bits per heavy atom. The normalized spacial score (nSPS) is 18.8. The van der Waals surface area contributed by atoms with Crippen molar-refractivity contribution in [2.24, 2.45) is 0 Å². The maximum atomic E-state index is 12.4. The van der Waals surface area contributed by atoms with Crippen molar-refractivity contribution in [1.82, 2.24) is 4.90 Å². The van der Waals surface area contributed by atoms with Crippen LogP contribution in [0.2, 0.25) is 0 Å². The van der Waals surface area contributed by atoms with Crippen LogP contribution in [0.3, 0.4) is 0 Å². The van der Waals surface area contributed by atoms with Crippen molar-refractivity contribution in [1.29, 1.82) is 0 Å². The lowest BCUT2D eigenvalue weighted by atomic mass is 9.93. The van der Waals surface area contributed by atoms with E-state index in [4.69, 9.17) is 9.84 Å². The van der Waals surface area contributed by atoms with Crippen molar-refractivity contribution in [3.05, 3.63) is 65.2 Å². The molecule has 0 aliphatic carbocycles. The Hall–Kier alpha value is -2.21. The first-order valence-electron chi connectivity index (χ1n) is 9.80. The Kier molecular flexibility index (Phi) is 6.50. The Morgan fingerprint density at radius 1 is 1.14 bits per heavy atom. The number of rotatable bonds is 6. The van der Waals surface area contributed by atoms with Gasteiger partial charge >= 0.3 is 0 Å². The zero-order valence-electron chi connectivity index (χ0n) is 16.9. The molecule has 1 saturated heterocycles. The molecular weight excluding hydrogens is 352 g/mol. The number of nitrogens with zero attached hydrogens (tertiary/aromatic N) is 1. The highest BCUT2D eigenvalue weighted by Gasteiger charge is 2.30. The van der Waals surface area contributed by atoms with E-state index in [0.717, 1.165) is 31.6 Å². The summed E-state index contributed by atoms with van der Waals surface area (Å²) in [4.78, 5) is 14.8. The van der Waals surface area contributed by atoms with Crippen molar-refractivity contribution >= 4 is 11.6 Å². The summed E-state index contributed by atoms with van der Waals surface area (Å²) in [6, 6.07) is 15.5. The number of ether oxygens (including phenoxy) is 1. The van der Waals surface area contributed by atoms with Gasteiger partial charge in [-0.25, -0.2) is 0 Å². The van der Waals surface area contributed by atoms with Crippen LogP contribution in [0.5, 0.6) is 0 Å². The molecule has 1 aliphatic heterocycles. The molecule has 2 N–H and O–H groups in total. The molecule has 1 fully saturated rings. The summed E-state index contributed by atoms with van der Waals surface area (Å²) in [5, 5.41) is 12.0. The maximum Gasteiger partial charge on any atom is 0.255 e. The average Bonchev–Trinajstić information content (AvgIpc) is 2.68. The summed E-state index contributed by atoms with van der Waals surface area (Å²) in [6.45, 7) is 5.96. The molecule has 1 aliphatic rings. The fourth-order valence-electron chi connectivity index (χ4n) is 3.65. The number of hydrogen-bond acceptors (Lipinski definition) is 4. The zero-order valence-corrected chi connectivity index (χ0v) is 16.9. The molecule has 2 aromatic carbocycles. The van der Waals surface area contributed by atoms with Gasteiger partial charge in [0, 0.05) is 30.4 Å². The molecule has 0 spiro atoms. The molecule has 0 unspecified atom stereocenters. The number of amides is 1. The zero-order chi connectivity index (χ0) is 20.1. The molecule has 0 radical (unpaired) electrons. The Labute approximate surface area is 167 Å². The van der Waals surface area contributed by atoms with Gasteiger partial charge in [-0.1, -0.05) is 24.3 Å². The molecule has 3 rings (SSSR count).